The summed E-state index contributed by atoms with van der Waals surface area (Å²) in [4.78, 5) is 2.52. The van der Waals surface area contributed by atoms with Gasteiger partial charge in [0.15, 0.2) is 0 Å². The first-order chi connectivity index (χ1) is 7.99. The van der Waals surface area contributed by atoms with Crippen molar-refractivity contribution in [1.29, 1.82) is 0 Å². The number of ether oxygens (including phenoxy) is 1. The van der Waals surface area contributed by atoms with Crippen molar-refractivity contribution >= 4 is 11.8 Å². The molecule has 2 fully saturated rings. The lowest BCUT2D eigenvalue weighted by atomic mass is 9.78. The standard InChI is InChI=1S/C13H26N2OS/c1-12(2)7-13(8-14,10-17-9-12)15(3)11-4-5-16-6-11/h11H,4-10,14H2,1-3H3. The number of thioether (sulfide) groups is 1. The van der Waals surface area contributed by atoms with Gasteiger partial charge in [-0.3, -0.25) is 4.90 Å². The molecule has 2 atom stereocenters. The quantitative estimate of drug-likeness (QED) is 0.834. The lowest BCUT2D eigenvalue weighted by Crippen LogP contribution is -2.61. The van der Waals surface area contributed by atoms with E-state index >= 15 is 0 Å². The predicted octanol–water partition coefficient (Wildman–Crippen LogP) is 1.57. The van der Waals surface area contributed by atoms with E-state index in [9.17, 15) is 0 Å². The summed E-state index contributed by atoms with van der Waals surface area (Å²) in [5, 5.41) is 0. The molecule has 2 aliphatic heterocycles. The molecular formula is C13H26N2OS. The Balaban J connectivity index is 2.12. The zero-order valence-corrected chi connectivity index (χ0v) is 12.2. The van der Waals surface area contributed by atoms with Crippen molar-refractivity contribution < 1.29 is 4.74 Å². The van der Waals surface area contributed by atoms with Gasteiger partial charge in [0, 0.05) is 30.5 Å². The van der Waals surface area contributed by atoms with Crippen molar-refractivity contribution in [2.75, 3.05) is 38.3 Å². The molecule has 0 aromatic rings. The van der Waals surface area contributed by atoms with E-state index in [0.29, 0.717) is 11.5 Å². The van der Waals surface area contributed by atoms with Gasteiger partial charge in [0.2, 0.25) is 0 Å². The normalized spacial score (nSPS) is 37.6. The molecule has 3 nitrogen and oxygen atoms in total. The number of likely N-dealkylation sites (N-methyl/N-ethyl adjacent to an activating group) is 1. The van der Waals surface area contributed by atoms with E-state index in [1.807, 2.05) is 0 Å². The molecule has 2 heterocycles. The Kier molecular flexibility index (Phi) is 4.08. The molecule has 0 saturated carbocycles. The number of nitrogens with two attached hydrogens (primary N) is 1. The maximum Gasteiger partial charge on any atom is 0.0622 e. The monoisotopic (exact) mass is 258 g/mol. The number of hydrogen-bond acceptors (Lipinski definition) is 4. The van der Waals surface area contributed by atoms with Gasteiger partial charge in [-0.15, -0.1) is 0 Å². The summed E-state index contributed by atoms with van der Waals surface area (Å²) in [6, 6.07) is 0.563. The minimum atomic E-state index is 0.171. The van der Waals surface area contributed by atoms with Crippen LogP contribution < -0.4 is 5.73 Å². The van der Waals surface area contributed by atoms with Gasteiger partial charge in [-0.2, -0.15) is 11.8 Å². The van der Waals surface area contributed by atoms with Gasteiger partial charge in [0.05, 0.1) is 6.61 Å². The van der Waals surface area contributed by atoms with Crippen molar-refractivity contribution in [3.8, 4) is 0 Å². The van der Waals surface area contributed by atoms with Gasteiger partial charge in [0.25, 0.3) is 0 Å². The summed E-state index contributed by atoms with van der Waals surface area (Å²) in [5.41, 5.74) is 6.70. The Morgan fingerprint density at radius 1 is 1.41 bits per heavy atom. The number of nitrogens with zero attached hydrogens (tertiary/aromatic N) is 1. The van der Waals surface area contributed by atoms with E-state index in [4.69, 9.17) is 10.5 Å². The molecule has 0 radical (unpaired) electrons. The molecule has 2 aliphatic rings. The first kappa shape index (κ1) is 13.7. The zero-order chi connectivity index (χ0) is 12.5. The molecule has 0 amide bonds. The Hall–Kier alpha value is 0.230. The van der Waals surface area contributed by atoms with Crippen LogP contribution in [-0.4, -0.2) is 54.8 Å². The lowest BCUT2D eigenvalue weighted by Gasteiger charge is -2.51. The van der Waals surface area contributed by atoms with Crippen molar-refractivity contribution in [2.24, 2.45) is 11.1 Å². The lowest BCUT2D eigenvalue weighted by molar-refractivity contribution is 0.0479. The van der Waals surface area contributed by atoms with Gasteiger partial charge >= 0.3 is 0 Å². The Labute approximate surface area is 109 Å². The maximum atomic E-state index is 6.13. The average Bonchev–Trinajstić information content (AvgIpc) is 2.79. The van der Waals surface area contributed by atoms with Crippen LogP contribution in [0.5, 0.6) is 0 Å². The minimum Gasteiger partial charge on any atom is -0.380 e. The third-order valence-corrected chi connectivity index (χ3v) is 5.98. The van der Waals surface area contributed by atoms with Crippen LogP contribution in [0, 0.1) is 5.41 Å². The van der Waals surface area contributed by atoms with Crippen molar-refractivity contribution in [3.05, 3.63) is 0 Å². The van der Waals surface area contributed by atoms with Gasteiger partial charge in [-0.05, 0) is 31.1 Å². The molecule has 2 N–H and O–H groups in total. The van der Waals surface area contributed by atoms with Crippen LogP contribution in [0.15, 0.2) is 0 Å². The average molecular weight is 258 g/mol. The largest absolute Gasteiger partial charge is 0.380 e. The summed E-state index contributed by atoms with van der Waals surface area (Å²) in [5.74, 6) is 2.42. The van der Waals surface area contributed by atoms with E-state index in [1.165, 1.54) is 17.9 Å². The zero-order valence-electron chi connectivity index (χ0n) is 11.4. The van der Waals surface area contributed by atoms with Gasteiger partial charge in [-0.25, -0.2) is 0 Å². The van der Waals surface area contributed by atoms with Crippen LogP contribution in [0.25, 0.3) is 0 Å². The van der Waals surface area contributed by atoms with Crippen LogP contribution in [0.1, 0.15) is 26.7 Å². The Bertz CT molecular complexity index is 266. The van der Waals surface area contributed by atoms with Crippen LogP contribution in [0.3, 0.4) is 0 Å². The van der Waals surface area contributed by atoms with Crippen molar-refractivity contribution in [1.82, 2.24) is 4.90 Å². The Morgan fingerprint density at radius 3 is 2.71 bits per heavy atom. The second kappa shape index (κ2) is 5.08. The molecule has 2 saturated heterocycles. The second-order valence-corrected chi connectivity index (χ2v) is 7.38. The predicted molar refractivity (Wildman–Crippen MR) is 74.5 cm³/mol. The topological polar surface area (TPSA) is 38.5 Å². The van der Waals surface area contributed by atoms with Crippen LogP contribution in [0.4, 0.5) is 0 Å². The Morgan fingerprint density at radius 2 is 2.18 bits per heavy atom. The second-order valence-electron chi connectivity index (χ2n) is 6.39. The molecule has 4 heteroatoms. The molecular weight excluding hydrogens is 232 g/mol. The highest BCUT2D eigenvalue weighted by Crippen LogP contribution is 2.42. The van der Waals surface area contributed by atoms with Crippen LogP contribution in [0.2, 0.25) is 0 Å². The first-order valence-electron chi connectivity index (χ1n) is 6.58. The van der Waals surface area contributed by atoms with E-state index in [1.54, 1.807) is 0 Å². The maximum absolute atomic E-state index is 6.13. The van der Waals surface area contributed by atoms with E-state index < -0.39 is 0 Å². The van der Waals surface area contributed by atoms with Crippen LogP contribution >= 0.6 is 11.8 Å². The third kappa shape index (κ3) is 2.80. The molecule has 0 bridgehead atoms. The summed E-state index contributed by atoms with van der Waals surface area (Å²) in [7, 11) is 2.24. The fraction of sp³-hybridized carbons (Fsp3) is 1.00. The fourth-order valence-electron chi connectivity index (χ4n) is 3.23. The molecule has 0 aliphatic carbocycles. The highest BCUT2D eigenvalue weighted by molar-refractivity contribution is 7.99. The van der Waals surface area contributed by atoms with Crippen molar-refractivity contribution in [3.63, 3.8) is 0 Å². The van der Waals surface area contributed by atoms with Gasteiger partial charge in [0.1, 0.15) is 0 Å². The summed E-state index contributed by atoms with van der Waals surface area (Å²) in [6.07, 6.45) is 2.36. The molecule has 2 rings (SSSR count). The van der Waals surface area contributed by atoms with Gasteiger partial charge < -0.3 is 10.5 Å². The summed E-state index contributed by atoms with van der Waals surface area (Å²) >= 11 is 2.06. The summed E-state index contributed by atoms with van der Waals surface area (Å²) in [6.45, 7) is 7.27. The van der Waals surface area contributed by atoms with Gasteiger partial charge in [-0.1, -0.05) is 13.8 Å². The number of rotatable bonds is 3. The molecule has 0 aromatic carbocycles. The highest BCUT2D eigenvalue weighted by Gasteiger charge is 2.44. The van der Waals surface area contributed by atoms with E-state index in [-0.39, 0.29) is 5.54 Å². The summed E-state index contributed by atoms with van der Waals surface area (Å²) < 4.78 is 5.52. The molecule has 2 unspecified atom stereocenters. The third-order valence-electron chi connectivity index (χ3n) is 4.25. The van der Waals surface area contributed by atoms with E-state index in [2.05, 4.69) is 37.6 Å². The SMILES string of the molecule is CN(C1CCOC1)C1(CN)CSCC(C)(C)C1. The fourth-order valence-corrected chi connectivity index (χ4v) is 4.79. The molecule has 0 spiro atoms. The molecule has 100 valence electrons. The first-order valence-corrected chi connectivity index (χ1v) is 7.73. The van der Waals surface area contributed by atoms with Crippen LogP contribution in [-0.2, 0) is 4.74 Å². The van der Waals surface area contributed by atoms with E-state index in [0.717, 1.165) is 26.2 Å². The molecule has 0 aromatic heterocycles. The van der Waals surface area contributed by atoms with Crippen molar-refractivity contribution in [2.45, 2.75) is 38.3 Å². The number of hydrogen-bond donors (Lipinski definition) is 1. The highest BCUT2D eigenvalue weighted by atomic mass is 32.2. The smallest absolute Gasteiger partial charge is 0.0622 e. The molecule has 17 heavy (non-hydrogen) atoms. The minimum absolute atomic E-state index is 0.171.